The number of halogens is 1. The van der Waals surface area contributed by atoms with Crippen molar-refractivity contribution in [3.05, 3.63) is 54.0 Å². The van der Waals surface area contributed by atoms with Gasteiger partial charge in [-0.2, -0.15) is 0 Å². The smallest absolute Gasteiger partial charge is 0.356 e. The van der Waals surface area contributed by atoms with E-state index in [0.717, 1.165) is 0 Å². The Balaban J connectivity index is 2.14. The van der Waals surface area contributed by atoms with Crippen molar-refractivity contribution in [3.8, 4) is 5.75 Å². The van der Waals surface area contributed by atoms with Crippen molar-refractivity contribution in [1.82, 2.24) is 0 Å². The Hall–Kier alpha value is -2.63. The molecule has 0 bridgehead atoms. The number of hydrogen-bond donors (Lipinski definition) is 0. The number of carbonyl (C=O) groups excluding carboxylic acids is 2. The minimum Gasteiger partial charge on any atom is -0.477 e. The van der Waals surface area contributed by atoms with Gasteiger partial charge in [-0.1, -0.05) is 12.1 Å². The summed E-state index contributed by atoms with van der Waals surface area (Å²) in [5.41, 5.74) is -2.98. The zero-order valence-corrected chi connectivity index (χ0v) is 11.7. The second-order valence-corrected chi connectivity index (χ2v) is 4.77. The van der Waals surface area contributed by atoms with Gasteiger partial charge in [0, 0.05) is 0 Å². The van der Waals surface area contributed by atoms with Crippen LogP contribution >= 0.6 is 0 Å². The van der Waals surface area contributed by atoms with Crippen molar-refractivity contribution in [2.45, 2.75) is 18.7 Å². The Bertz CT molecular complexity index is 709. The molecule has 5 nitrogen and oxygen atoms in total. The highest BCUT2D eigenvalue weighted by atomic mass is 19.1. The molecule has 2 heterocycles. The third-order valence-electron chi connectivity index (χ3n) is 3.44. The Kier molecular flexibility index (Phi) is 3.44. The molecule has 22 heavy (non-hydrogen) atoms. The molecule has 2 atom stereocenters. The van der Waals surface area contributed by atoms with E-state index in [4.69, 9.17) is 13.9 Å². The first kappa shape index (κ1) is 14.3. The summed E-state index contributed by atoms with van der Waals surface area (Å²) < 4.78 is 30.9. The van der Waals surface area contributed by atoms with E-state index < -0.39 is 23.5 Å². The minimum absolute atomic E-state index is 0.000796. The van der Waals surface area contributed by atoms with Crippen LogP contribution in [0.5, 0.6) is 5.75 Å². The van der Waals surface area contributed by atoms with Crippen molar-refractivity contribution in [3.63, 3.8) is 0 Å². The maximum atomic E-state index is 15.4. The van der Waals surface area contributed by atoms with E-state index in [2.05, 4.69) is 0 Å². The Morgan fingerprint density at radius 3 is 2.77 bits per heavy atom. The van der Waals surface area contributed by atoms with Gasteiger partial charge in [-0.15, -0.1) is 0 Å². The predicted molar refractivity (Wildman–Crippen MR) is 73.3 cm³/mol. The molecule has 0 radical (unpaired) electrons. The summed E-state index contributed by atoms with van der Waals surface area (Å²) in [6.45, 7) is 1.48. The number of para-hydroxylation sites is 1. The molecule has 1 aromatic heterocycles. The van der Waals surface area contributed by atoms with Crippen LogP contribution in [0.15, 0.2) is 47.1 Å². The lowest BCUT2D eigenvalue weighted by Crippen LogP contribution is -2.53. The molecule has 0 aliphatic carbocycles. The SMILES string of the molecule is CCOC(=O)[C@]1(F)C(=O)c2ccccc2O[C@@H]1c1ccco1. The molecule has 0 N–H and O–H groups in total. The summed E-state index contributed by atoms with van der Waals surface area (Å²) in [7, 11) is 0. The number of alkyl halides is 1. The summed E-state index contributed by atoms with van der Waals surface area (Å²) in [6.07, 6.45) is -0.209. The Morgan fingerprint density at radius 1 is 1.32 bits per heavy atom. The molecule has 1 aliphatic rings. The molecule has 0 saturated carbocycles. The molecule has 3 rings (SSSR count). The van der Waals surface area contributed by atoms with E-state index in [-0.39, 0.29) is 23.7 Å². The molecule has 6 heteroatoms. The number of fused-ring (bicyclic) bond motifs is 1. The lowest BCUT2D eigenvalue weighted by atomic mass is 9.85. The van der Waals surface area contributed by atoms with Crippen LogP contribution in [0.25, 0.3) is 0 Å². The van der Waals surface area contributed by atoms with Crippen LogP contribution in [0.2, 0.25) is 0 Å². The fraction of sp³-hybridized carbons (Fsp3) is 0.250. The van der Waals surface area contributed by atoms with Gasteiger partial charge in [0.15, 0.2) is 0 Å². The fourth-order valence-electron chi connectivity index (χ4n) is 2.41. The lowest BCUT2D eigenvalue weighted by molar-refractivity contribution is -0.161. The monoisotopic (exact) mass is 304 g/mol. The predicted octanol–water partition coefficient (Wildman–Crippen LogP) is 2.87. The zero-order chi connectivity index (χ0) is 15.7. The minimum atomic E-state index is -2.98. The zero-order valence-electron chi connectivity index (χ0n) is 11.7. The van der Waals surface area contributed by atoms with Gasteiger partial charge in [0.05, 0.1) is 18.4 Å². The number of furan rings is 1. The number of carbonyl (C=O) groups is 2. The highest BCUT2D eigenvalue weighted by molar-refractivity contribution is 6.18. The van der Waals surface area contributed by atoms with E-state index >= 15 is 4.39 Å². The van der Waals surface area contributed by atoms with E-state index in [1.54, 1.807) is 12.1 Å². The molecule has 2 aromatic rings. The van der Waals surface area contributed by atoms with Crippen molar-refractivity contribution >= 4 is 11.8 Å². The molecule has 0 saturated heterocycles. The molecule has 1 aliphatic heterocycles. The normalized spacial score (nSPS) is 23.5. The van der Waals surface area contributed by atoms with Gasteiger partial charge < -0.3 is 13.9 Å². The average molecular weight is 304 g/mol. The second-order valence-electron chi connectivity index (χ2n) is 4.77. The summed E-state index contributed by atoms with van der Waals surface area (Å²) in [5, 5.41) is 0. The number of Topliss-reactive ketones (excluding diaryl/α,β-unsaturated/α-hetero) is 1. The molecule has 1 aromatic carbocycles. The number of hydrogen-bond acceptors (Lipinski definition) is 5. The fourth-order valence-corrected chi connectivity index (χ4v) is 2.41. The highest BCUT2D eigenvalue weighted by Crippen LogP contribution is 2.44. The standard InChI is InChI=1S/C16H13FO5/c1-2-20-15(19)16(17)13(18)10-6-3-4-7-11(10)22-14(16)12-8-5-9-21-12/h3-9,14H,2H2,1H3/t14-,16+/m1/s1. The molecule has 0 spiro atoms. The van der Waals surface area contributed by atoms with E-state index in [1.807, 2.05) is 0 Å². The van der Waals surface area contributed by atoms with Crippen LogP contribution in [-0.4, -0.2) is 24.0 Å². The Labute approximate surface area is 125 Å². The number of ketones is 1. The van der Waals surface area contributed by atoms with Crippen LogP contribution in [0.1, 0.15) is 29.1 Å². The van der Waals surface area contributed by atoms with Crippen LogP contribution in [0, 0.1) is 0 Å². The number of esters is 1. The van der Waals surface area contributed by atoms with Crippen molar-refractivity contribution in [2.24, 2.45) is 0 Å². The quantitative estimate of drug-likeness (QED) is 0.644. The van der Waals surface area contributed by atoms with Crippen LogP contribution < -0.4 is 4.74 Å². The first-order valence-corrected chi connectivity index (χ1v) is 6.79. The van der Waals surface area contributed by atoms with E-state index in [9.17, 15) is 9.59 Å². The van der Waals surface area contributed by atoms with Gasteiger partial charge in [-0.05, 0) is 31.2 Å². The third-order valence-corrected chi connectivity index (χ3v) is 3.44. The number of ether oxygens (including phenoxy) is 2. The highest BCUT2D eigenvalue weighted by Gasteiger charge is 2.61. The first-order valence-electron chi connectivity index (χ1n) is 6.79. The second kappa shape index (κ2) is 5.29. The first-order chi connectivity index (χ1) is 10.6. The Morgan fingerprint density at radius 2 is 2.09 bits per heavy atom. The third kappa shape index (κ3) is 1.99. The number of benzene rings is 1. The summed E-state index contributed by atoms with van der Waals surface area (Å²) in [4.78, 5) is 24.7. The van der Waals surface area contributed by atoms with Gasteiger partial charge in [0.25, 0.3) is 0 Å². The summed E-state index contributed by atoms with van der Waals surface area (Å²) >= 11 is 0. The topological polar surface area (TPSA) is 65.7 Å². The van der Waals surface area contributed by atoms with Gasteiger partial charge in [0.2, 0.25) is 11.9 Å². The average Bonchev–Trinajstić information content (AvgIpc) is 3.05. The van der Waals surface area contributed by atoms with Crippen molar-refractivity contribution < 1.29 is 27.9 Å². The largest absolute Gasteiger partial charge is 0.477 e. The molecule has 0 amide bonds. The van der Waals surface area contributed by atoms with Gasteiger partial charge in [0.1, 0.15) is 11.5 Å². The maximum absolute atomic E-state index is 15.4. The van der Waals surface area contributed by atoms with E-state index in [0.29, 0.717) is 0 Å². The molecular weight excluding hydrogens is 291 g/mol. The van der Waals surface area contributed by atoms with Crippen molar-refractivity contribution in [2.75, 3.05) is 6.61 Å². The number of rotatable bonds is 3. The van der Waals surface area contributed by atoms with Gasteiger partial charge in [-0.3, -0.25) is 4.79 Å². The van der Waals surface area contributed by atoms with Gasteiger partial charge in [-0.25, -0.2) is 9.18 Å². The van der Waals surface area contributed by atoms with Crippen LogP contribution in [0.4, 0.5) is 4.39 Å². The maximum Gasteiger partial charge on any atom is 0.356 e. The molecule has 0 unspecified atom stereocenters. The van der Waals surface area contributed by atoms with Crippen LogP contribution in [0.3, 0.4) is 0 Å². The summed E-state index contributed by atoms with van der Waals surface area (Å²) in [6, 6.07) is 9.13. The lowest BCUT2D eigenvalue weighted by Gasteiger charge is -2.34. The van der Waals surface area contributed by atoms with Crippen LogP contribution in [-0.2, 0) is 9.53 Å². The summed E-state index contributed by atoms with van der Waals surface area (Å²) in [5.74, 6) is -2.03. The van der Waals surface area contributed by atoms with E-state index in [1.165, 1.54) is 37.5 Å². The molecular formula is C16H13FO5. The van der Waals surface area contributed by atoms with Gasteiger partial charge >= 0.3 is 11.6 Å². The molecule has 114 valence electrons. The molecule has 0 fully saturated rings. The van der Waals surface area contributed by atoms with Crippen molar-refractivity contribution in [1.29, 1.82) is 0 Å².